The summed E-state index contributed by atoms with van der Waals surface area (Å²) < 4.78 is 0. The molecule has 1 aliphatic carbocycles. The highest BCUT2D eigenvalue weighted by Gasteiger charge is 2.19. The van der Waals surface area contributed by atoms with Gasteiger partial charge in [0, 0.05) is 6.04 Å². The fourth-order valence-corrected chi connectivity index (χ4v) is 2.48. The summed E-state index contributed by atoms with van der Waals surface area (Å²) in [4.78, 5) is 0. The van der Waals surface area contributed by atoms with Gasteiger partial charge >= 0.3 is 0 Å². The van der Waals surface area contributed by atoms with E-state index < -0.39 is 0 Å². The number of aromatic hydroxyl groups is 1. The third kappa shape index (κ3) is 2.96. The first kappa shape index (κ1) is 10.5. The molecule has 0 radical (unpaired) electrons. The van der Waals surface area contributed by atoms with Crippen LogP contribution >= 0.6 is 0 Å². The van der Waals surface area contributed by atoms with Gasteiger partial charge in [0.05, 0.1) is 0 Å². The predicted molar refractivity (Wildman–Crippen MR) is 61.7 cm³/mol. The molecule has 2 heteroatoms. The second-order valence-electron chi connectivity index (χ2n) is 4.66. The average molecular weight is 205 g/mol. The molecule has 1 saturated carbocycles. The molecule has 1 aliphatic rings. The van der Waals surface area contributed by atoms with Crippen molar-refractivity contribution >= 4 is 0 Å². The Morgan fingerprint density at radius 3 is 2.60 bits per heavy atom. The van der Waals surface area contributed by atoms with Gasteiger partial charge < -0.3 is 10.8 Å². The van der Waals surface area contributed by atoms with Gasteiger partial charge in [0.15, 0.2) is 0 Å². The Balaban J connectivity index is 1.93. The molecule has 2 rings (SSSR count). The highest BCUT2D eigenvalue weighted by atomic mass is 16.3. The monoisotopic (exact) mass is 205 g/mol. The van der Waals surface area contributed by atoms with Gasteiger partial charge in [0.25, 0.3) is 0 Å². The third-order valence-electron chi connectivity index (χ3n) is 3.28. The van der Waals surface area contributed by atoms with E-state index in [9.17, 15) is 5.11 Å². The van der Waals surface area contributed by atoms with Crippen LogP contribution in [-0.4, -0.2) is 11.1 Å². The van der Waals surface area contributed by atoms with Crippen molar-refractivity contribution in [2.75, 3.05) is 0 Å². The first-order valence-corrected chi connectivity index (χ1v) is 5.77. The molecule has 0 spiro atoms. The van der Waals surface area contributed by atoms with Crippen LogP contribution in [0.2, 0.25) is 0 Å². The van der Waals surface area contributed by atoms with Gasteiger partial charge in [-0.2, -0.15) is 0 Å². The molecular formula is C13H19NO. The Morgan fingerprint density at radius 1 is 1.20 bits per heavy atom. The number of phenolic OH excluding ortho intramolecular Hbond substituents is 1. The van der Waals surface area contributed by atoms with E-state index in [4.69, 9.17) is 5.73 Å². The van der Waals surface area contributed by atoms with Gasteiger partial charge in [-0.25, -0.2) is 0 Å². The number of rotatable bonds is 2. The Kier molecular flexibility index (Phi) is 3.27. The van der Waals surface area contributed by atoms with Crippen LogP contribution in [0.3, 0.4) is 0 Å². The summed E-state index contributed by atoms with van der Waals surface area (Å²) >= 11 is 0. The number of benzene rings is 1. The Hall–Kier alpha value is -1.02. The molecule has 2 atom stereocenters. The van der Waals surface area contributed by atoms with Crippen LogP contribution in [0.15, 0.2) is 24.3 Å². The molecule has 3 N–H and O–H groups in total. The lowest BCUT2D eigenvalue weighted by Crippen LogP contribution is -2.28. The maximum atomic E-state index is 9.18. The van der Waals surface area contributed by atoms with Crippen molar-refractivity contribution < 1.29 is 5.11 Å². The highest BCUT2D eigenvalue weighted by Crippen LogP contribution is 2.26. The molecular weight excluding hydrogens is 186 g/mol. The Morgan fingerprint density at radius 2 is 1.93 bits per heavy atom. The molecule has 0 heterocycles. The van der Waals surface area contributed by atoms with E-state index in [2.05, 4.69) is 0 Å². The van der Waals surface area contributed by atoms with Crippen LogP contribution in [0.1, 0.15) is 31.2 Å². The third-order valence-corrected chi connectivity index (χ3v) is 3.28. The van der Waals surface area contributed by atoms with Crippen molar-refractivity contribution in [3.05, 3.63) is 29.8 Å². The molecule has 0 bridgehead atoms. The Labute approximate surface area is 91.1 Å². The molecule has 2 unspecified atom stereocenters. The summed E-state index contributed by atoms with van der Waals surface area (Å²) in [7, 11) is 0. The van der Waals surface area contributed by atoms with Gasteiger partial charge in [-0.3, -0.25) is 0 Å². The van der Waals surface area contributed by atoms with Crippen molar-refractivity contribution in [3.63, 3.8) is 0 Å². The normalized spacial score (nSPS) is 26.5. The zero-order valence-corrected chi connectivity index (χ0v) is 9.02. The van der Waals surface area contributed by atoms with Gasteiger partial charge in [-0.05, 0) is 42.9 Å². The zero-order valence-electron chi connectivity index (χ0n) is 9.02. The van der Waals surface area contributed by atoms with Gasteiger partial charge in [0.1, 0.15) is 5.75 Å². The number of nitrogens with two attached hydrogens (primary N) is 1. The fraction of sp³-hybridized carbons (Fsp3) is 0.538. The van der Waals surface area contributed by atoms with E-state index >= 15 is 0 Å². The predicted octanol–water partition coefficient (Wildman–Crippen LogP) is 2.45. The molecule has 2 nitrogen and oxygen atoms in total. The van der Waals surface area contributed by atoms with E-state index in [0.717, 1.165) is 18.8 Å². The maximum Gasteiger partial charge on any atom is 0.115 e. The molecule has 1 aromatic carbocycles. The molecule has 0 aliphatic heterocycles. The quantitative estimate of drug-likeness (QED) is 0.779. The maximum absolute atomic E-state index is 9.18. The van der Waals surface area contributed by atoms with Crippen molar-refractivity contribution in [1.29, 1.82) is 0 Å². The van der Waals surface area contributed by atoms with Crippen LogP contribution in [-0.2, 0) is 6.42 Å². The molecule has 0 aromatic heterocycles. The Bertz CT molecular complexity index is 307. The van der Waals surface area contributed by atoms with Crippen LogP contribution in [0.5, 0.6) is 5.75 Å². The van der Waals surface area contributed by atoms with Crippen LogP contribution in [0.4, 0.5) is 0 Å². The van der Waals surface area contributed by atoms with Crippen LogP contribution in [0, 0.1) is 5.92 Å². The van der Waals surface area contributed by atoms with E-state index in [-0.39, 0.29) is 0 Å². The van der Waals surface area contributed by atoms with E-state index in [1.165, 1.54) is 24.8 Å². The molecule has 0 saturated heterocycles. The lowest BCUT2D eigenvalue weighted by atomic mass is 9.82. The molecule has 82 valence electrons. The van der Waals surface area contributed by atoms with Gasteiger partial charge in [-0.1, -0.05) is 25.0 Å². The van der Waals surface area contributed by atoms with Crippen molar-refractivity contribution in [1.82, 2.24) is 0 Å². The zero-order chi connectivity index (χ0) is 10.7. The van der Waals surface area contributed by atoms with E-state index in [1.807, 2.05) is 12.1 Å². The molecule has 1 fully saturated rings. The minimum absolute atomic E-state index is 0.346. The lowest BCUT2D eigenvalue weighted by Gasteiger charge is -2.26. The summed E-state index contributed by atoms with van der Waals surface area (Å²) in [5.41, 5.74) is 7.27. The van der Waals surface area contributed by atoms with Crippen LogP contribution < -0.4 is 5.73 Å². The van der Waals surface area contributed by atoms with Crippen molar-refractivity contribution in [2.24, 2.45) is 11.7 Å². The number of phenols is 1. The summed E-state index contributed by atoms with van der Waals surface area (Å²) in [5.74, 6) is 1.08. The first-order valence-electron chi connectivity index (χ1n) is 5.77. The van der Waals surface area contributed by atoms with E-state index in [1.54, 1.807) is 12.1 Å². The minimum atomic E-state index is 0.346. The topological polar surface area (TPSA) is 46.2 Å². The SMILES string of the molecule is NC1CCCC(Cc2ccc(O)cc2)C1. The highest BCUT2D eigenvalue weighted by molar-refractivity contribution is 5.26. The van der Waals surface area contributed by atoms with Crippen molar-refractivity contribution in [2.45, 2.75) is 38.1 Å². The van der Waals surface area contributed by atoms with Crippen molar-refractivity contribution in [3.8, 4) is 5.75 Å². The lowest BCUT2D eigenvalue weighted by molar-refractivity contribution is 0.321. The van der Waals surface area contributed by atoms with Gasteiger partial charge in [0.2, 0.25) is 0 Å². The number of hydrogen-bond donors (Lipinski definition) is 2. The summed E-state index contributed by atoms with van der Waals surface area (Å²) in [5, 5.41) is 9.18. The standard InChI is InChI=1S/C13H19NO/c14-12-3-1-2-11(9-12)8-10-4-6-13(15)7-5-10/h4-7,11-12,15H,1-3,8-9,14H2. The van der Waals surface area contributed by atoms with Crippen LogP contribution in [0.25, 0.3) is 0 Å². The fourth-order valence-electron chi connectivity index (χ4n) is 2.48. The summed E-state index contributed by atoms with van der Waals surface area (Å²) in [6, 6.07) is 7.95. The first-order chi connectivity index (χ1) is 7.24. The molecule has 15 heavy (non-hydrogen) atoms. The molecule has 0 amide bonds. The summed E-state index contributed by atoms with van der Waals surface area (Å²) in [6.45, 7) is 0. The smallest absolute Gasteiger partial charge is 0.115 e. The molecule has 1 aromatic rings. The second kappa shape index (κ2) is 4.67. The average Bonchev–Trinajstić information content (AvgIpc) is 2.22. The largest absolute Gasteiger partial charge is 0.508 e. The van der Waals surface area contributed by atoms with Gasteiger partial charge in [-0.15, -0.1) is 0 Å². The second-order valence-corrected chi connectivity index (χ2v) is 4.66. The van der Waals surface area contributed by atoms with E-state index in [0.29, 0.717) is 11.8 Å². The summed E-state index contributed by atoms with van der Waals surface area (Å²) in [6.07, 6.45) is 6.01. The minimum Gasteiger partial charge on any atom is -0.508 e. The number of hydrogen-bond acceptors (Lipinski definition) is 2.